The molecule has 1 aromatic carbocycles. The number of nitrogens with two attached hydrogens (primary N) is 1. The Morgan fingerprint density at radius 1 is 1.33 bits per heavy atom. The molecule has 0 fully saturated rings. The van der Waals surface area contributed by atoms with Gasteiger partial charge < -0.3 is 10.8 Å². The van der Waals surface area contributed by atoms with E-state index < -0.39 is 0 Å². The topological polar surface area (TPSA) is 64.1 Å². The summed E-state index contributed by atoms with van der Waals surface area (Å²) in [6.07, 6.45) is 0. The van der Waals surface area contributed by atoms with Gasteiger partial charge in [-0.05, 0) is 12.1 Å². The van der Waals surface area contributed by atoms with Gasteiger partial charge in [-0.15, -0.1) is 0 Å². The molecule has 15 heavy (non-hydrogen) atoms. The molecule has 5 heteroatoms. The lowest BCUT2D eigenvalue weighted by Gasteiger charge is -2.07. The third-order valence-electron chi connectivity index (χ3n) is 2.11. The Labute approximate surface area is 91.9 Å². The summed E-state index contributed by atoms with van der Waals surface area (Å²) >= 11 is 5.83. The van der Waals surface area contributed by atoms with E-state index in [0.29, 0.717) is 5.69 Å². The van der Waals surface area contributed by atoms with E-state index in [4.69, 9.17) is 17.3 Å². The van der Waals surface area contributed by atoms with Crippen LogP contribution in [0.3, 0.4) is 0 Å². The van der Waals surface area contributed by atoms with Gasteiger partial charge >= 0.3 is 0 Å². The van der Waals surface area contributed by atoms with E-state index in [1.54, 1.807) is 4.57 Å². The fraction of sp³-hybridized carbons (Fsp3) is 0.100. The molecule has 0 aliphatic carbocycles. The number of rotatable bonds is 2. The molecule has 2 aromatic rings. The first-order chi connectivity index (χ1) is 7.24. The van der Waals surface area contributed by atoms with Crippen LogP contribution in [0.5, 0.6) is 0 Å². The Balaban J connectivity index is 2.62. The number of hydrogen-bond acceptors (Lipinski definition) is 3. The highest BCUT2D eigenvalue weighted by molar-refractivity contribution is 6.30. The van der Waals surface area contributed by atoms with Crippen molar-refractivity contribution in [2.24, 2.45) is 0 Å². The molecule has 0 saturated heterocycles. The Morgan fingerprint density at radius 2 is 2.00 bits per heavy atom. The largest absolute Gasteiger partial charge is 0.390 e. The molecule has 0 radical (unpaired) electrons. The predicted molar refractivity (Wildman–Crippen MR) is 58.9 cm³/mol. The Kier molecular flexibility index (Phi) is 2.62. The van der Waals surface area contributed by atoms with E-state index in [2.05, 4.69) is 4.98 Å². The van der Waals surface area contributed by atoms with Crippen molar-refractivity contribution in [2.45, 2.75) is 6.61 Å². The van der Waals surface area contributed by atoms with Crippen LogP contribution in [0.4, 0.5) is 5.95 Å². The molecule has 4 nitrogen and oxygen atoms in total. The number of nitrogen functional groups attached to an aromatic ring is 1. The Hall–Kier alpha value is -1.52. The average molecular weight is 224 g/mol. The molecule has 0 bridgehead atoms. The molecule has 1 heterocycles. The molecule has 0 saturated carbocycles. The van der Waals surface area contributed by atoms with Crippen LogP contribution in [0.25, 0.3) is 5.69 Å². The van der Waals surface area contributed by atoms with Gasteiger partial charge in [0.1, 0.15) is 0 Å². The summed E-state index contributed by atoms with van der Waals surface area (Å²) in [4.78, 5) is 3.90. The van der Waals surface area contributed by atoms with Crippen LogP contribution in [-0.4, -0.2) is 14.7 Å². The first kappa shape index (κ1) is 10.0. The van der Waals surface area contributed by atoms with Crippen molar-refractivity contribution in [1.82, 2.24) is 9.55 Å². The molecular formula is C10H10ClN3O. The van der Waals surface area contributed by atoms with Gasteiger partial charge in [0.25, 0.3) is 0 Å². The monoisotopic (exact) mass is 223 g/mol. The summed E-state index contributed by atoms with van der Waals surface area (Å²) < 4.78 is 1.63. The number of nitrogens with zero attached hydrogens (tertiary/aromatic N) is 2. The van der Waals surface area contributed by atoms with Crippen molar-refractivity contribution in [3.63, 3.8) is 0 Å². The molecule has 0 spiro atoms. The van der Waals surface area contributed by atoms with Gasteiger partial charge in [0.05, 0.1) is 12.3 Å². The Bertz CT molecular complexity index is 467. The average Bonchev–Trinajstić information content (AvgIpc) is 2.54. The predicted octanol–water partition coefficient (Wildman–Crippen LogP) is 1.60. The zero-order chi connectivity index (χ0) is 10.8. The van der Waals surface area contributed by atoms with Crippen molar-refractivity contribution in [2.75, 3.05) is 5.73 Å². The Morgan fingerprint density at radius 3 is 2.60 bits per heavy atom. The summed E-state index contributed by atoms with van der Waals surface area (Å²) in [5, 5.41) is 9.41. The number of aliphatic hydroxyl groups excluding tert-OH is 1. The zero-order valence-corrected chi connectivity index (χ0v) is 8.65. The standard InChI is InChI=1S/C10H10ClN3O/c11-9-8(6-15)14(10(12)13-9)7-4-2-1-3-5-7/h1-5,15H,6H2,(H2,12,13). The minimum atomic E-state index is -0.197. The summed E-state index contributed by atoms with van der Waals surface area (Å²) in [5.41, 5.74) is 7.04. The van der Waals surface area contributed by atoms with E-state index in [0.717, 1.165) is 5.69 Å². The number of aromatic nitrogens is 2. The number of para-hydroxylation sites is 1. The van der Waals surface area contributed by atoms with Crippen LogP contribution in [-0.2, 0) is 6.61 Å². The second kappa shape index (κ2) is 3.92. The van der Waals surface area contributed by atoms with E-state index in [-0.39, 0.29) is 17.7 Å². The smallest absolute Gasteiger partial charge is 0.206 e. The molecule has 2 rings (SSSR count). The van der Waals surface area contributed by atoms with Crippen LogP contribution >= 0.6 is 11.6 Å². The number of aliphatic hydroxyl groups is 1. The molecule has 78 valence electrons. The van der Waals surface area contributed by atoms with Gasteiger partial charge in [-0.3, -0.25) is 4.57 Å². The van der Waals surface area contributed by atoms with Crippen LogP contribution in [0.15, 0.2) is 30.3 Å². The summed E-state index contributed by atoms with van der Waals surface area (Å²) in [7, 11) is 0. The number of imidazole rings is 1. The number of hydrogen-bond donors (Lipinski definition) is 2. The quantitative estimate of drug-likeness (QED) is 0.813. The molecule has 0 unspecified atom stereocenters. The highest BCUT2D eigenvalue weighted by Crippen LogP contribution is 2.23. The van der Waals surface area contributed by atoms with Crippen molar-refractivity contribution in [1.29, 1.82) is 0 Å². The third-order valence-corrected chi connectivity index (χ3v) is 2.42. The first-order valence-corrected chi connectivity index (χ1v) is 4.80. The van der Waals surface area contributed by atoms with Crippen molar-refractivity contribution < 1.29 is 5.11 Å². The molecule has 0 aliphatic heterocycles. The summed E-state index contributed by atoms with van der Waals surface area (Å²) in [6, 6.07) is 9.39. The van der Waals surface area contributed by atoms with Gasteiger partial charge in [-0.2, -0.15) is 0 Å². The highest BCUT2D eigenvalue weighted by atomic mass is 35.5. The van der Waals surface area contributed by atoms with Crippen molar-refractivity contribution in [3.05, 3.63) is 41.2 Å². The maximum atomic E-state index is 9.17. The third kappa shape index (κ3) is 1.69. The lowest BCUT2D eigenvalue weighted by Crippen LogP contribution is -2.04. The lowest BCUT2D eigenvalue weighted by molar-refractivity contribution is 0.275. The van der Waals surface area contributed by atoms with E-state index >= 15 is 0 Å². The van der Waals surface area contributed by atoms with Gasteiger partial charge in [-0.25, -0.2) is 4.98 Å². The molecular weight excluding hydrogens is 214 g/mol. The van der Waals surface area contributed by atoms with Crippen molar-refractivity contribution >= 4 is 17.5 Å². The molecule has 0 atom stereocenters. The maximum absolute atomic E-state index is 9.17. The van der Waals surface area contributed by atoms with Crippen LogP contribution in [0.2, 0.25) is 5.15 Å². The minimum absolute atomic E-state index is 0.197. The molecule has 1 aromatic heterocycles. The van der Waals surface area contributed by atoms with E-state index in [1.807, 2.05) is 30.3 Å². The van der Waals surface area contributed by atoms with Crippen LogP contribution in [0, 0.1) is 0 Å². The normalized spacial score (nSPS) is 10.5. The lowest BCUT2D eigenvalue weighted by atomic mass is 10.3. The second-order valence-corrected chi connectivity index (χ2v) is 3.39. The maximum Gasteiger partial charge on any atom is 0.206 e. The van der Waals surface area contributed by atoms with Gasteiger partial charge in [0.2, 0.25) is 5.95 Å². The number of anilines is 1. The second-order valence-electron chi connectivity index (χ2n) is 3.04. The fourth-order valence-electron chi connectivity index (χ4n) is 1.45. The SMILES string of the molecule is Nc1nc(Cl)c(CO)n1-c1ccccc1. The summed E-state index contributed by atoms with van der Waals surface area (Å²) in [6.45, 7) is -0.197. The van der Waals surface area contributed by atoms with Gasteiger partial charge in [-0.1, -0.05) is 29.8 Å². The fourth-order valence-corrected chi connectivity index (χ4v) is 1.68. The minimum Gasteiger partial charge on any atom is -0.390 e. The zero-order valence-electron chi connectivity index (χ0n) is 7.89. The molecule has 0 aliphatic rings. The first-order valence-electron chi connectivity index (χ1n) is 4.43. The molecule has 3 N–H and O–H groups in total. The highest BCUT2D eigenvalue weighted by Gasteiger charge is 2.13. The van der Waals surface area contributed by atoms with E-state index in [1.165, 1.54) is 0 Å². The van der Waals surface area contributed by atoms with Gasteiger partial charge in [0.15, 0.2) is 5.15 Å². The van der Waals surface area contributed by atoms with Gasteiger partial charge in [0, 0.05) is 5.69 Å². The molecule has 0 amide bonds. The summed E-state index contributed by atoms with van der Waals surface area (Å²) in [5.74, 6) is 0.273. The van der Waals surface area contributed by atoms with Crippen molar-refractivity contribution in [3.8, 4) is 5.69 Å². The number of benzene rings is 1. The number of halogens is 1. The van der Waals surface area contributed by atoms with Crippen LogP contribution in [0.1, 0.15) is 5.69 Å². The van der Waals surface area contributed by atoms with Crippen LogP contribution < -0.4 is 5.73 Å². The van der Waals surface area contributed by atoms with E-state index in [9.17, 15) is 5.11 Å².